The van der Waals surface area contributed by atoms with Gasteiger partial charge in [0.2, 0.25) is 5.13 Å². The molecule has 2 unspecified atom stereocenters. The first-order valence-electron chi connectivity index (χ1n) is 12.9. The zero-order valence-electron chi connectivity index (χ0n) is 21.7. The maximum atomic E-state index is 11.6. The van der Waals surface area contributed by atoms with E-state index in [1.807, 2.05) is 25.1 Å². The molecule has 1 amide bonds. The van der Waals surface area contributed by atoms with E-state index >= 15 is 0 Å². The average molecular weight is 571 g/mol. The first kappa shape index (κ1) is 27.1. The third kappa shape index (κ3) is 6.25. The number of ether oxygens (including phenoxy) is 2. The summed E-state index contributed by atoms with van der Waals surface area (Å²) in [7, 11) is 1.38. The fourth-order valence-corrected chi connectivity index (χ4v) is 6.65. The van der Waals surface area contributed by atoms with E-state index in [4.69, 9.17) is 14.5 Å². The van der Waals surface area contributed by atoms with Crippen LogP contribution in [0.15, 0.2) is 35.5 Å². The fourth-order valence-electron chi connectivity index (χ4n) is 5.18. The first-order valence-corrected chi connectivity index (χ1v) is 14.6. The monoisotopic (exact) mass is 570 g/mol. The van der Waals surface area contributed by atoms with Crippen LogP contribution < -0.4 is 10.1 Å². The van der Waals surface area contributed by atoms with Gasteiger partial charge in [-0.3, -0.25) is 9.78 Å². The van der Waals surface area contributed by atoms with Crippen molar-refractivity contribution in [2.45, 2.75) is 68.3 Å². The molecular weight excluding hydrogens is 540 g/mol. The highest BCUT2D eigenvalue weighted by Gasteiger charge is 2.44. The third-order valence-electron chi connectivity index (χ3n) is 7.02. The molecule has 0 radical (unpaired) electrons. The summed E-state index contributed by atoms with van der Waals surface area (Å²) < 4.78 is 15.6. The SMILES string of the molecule is CCc1ncccc1Oc1cc(SCCC(=O)OC)cnc1Nc1nc(C2CC3CCC(C2)N3C(=O)O)ns1. The van der Waals surface area contributed by atoms with Crippen molar-refractivity contribution in [3.05, 3.63) is 42.1 Å². The van der Waals surface area contributed by atoms with Crippen LogP contribution >= 0.6 is 23.3 Å². The van der Waals surface area contributed by atoms with Crippen LogP contribution in [0.3, 0.4) is 0 Å². The van der Waals surface area contributed by atoms with Gasteiger partial charge in [-0.2, -0.15) is 4.37 Å². The van der Waals surface area contributed by atoms with E-state index in [1.165, 1.54) is 30.4 Å². The molecule has 11 nitrogen and oxygen atoms in total. The summed E-state index contributed by atoms with van der Waals surface area (Å²) in [6.07, 6.45) is 6.90. The van der Waals surface area contributed by atoms with Crippen LogP contribution in [-0.4, -0.2) is 66.3 Å². The molecule has 2 saturated heterocycles. The van der Waals surface area contributed by atoms with Crippen molar-refractivity contribution in [1.82, 2.24) is 24.2 Å². The second-order valence-corrected chi connectivity index (χ2v) is 11.3. The van der Waals surface area contributed by atoms with Gasteiger partial charge in [0.15, 0.2) is 11.6 Å². The molecule has 39 heavy (non-hydrogen) atoms. The van der Waals surface area contributed by atoms with Crippen LogP contribution in [0.4, 0.5) is 15.7 Å². The number of carbonyl (C=O) groups is 2. The molecular formula is C26H30N6O5S2. The molecule has 13 heteroatoms. The summed E-state index contributed by atoms with van der Waals surface area (Å²) in [6, 6.07) is 5.64. The number of hydrogen-bond donors (Lipinski definition) is 2. The van der Waals surface area contributed by atoms with Crippen LogP contribution in [0.2, 0.25) is 0 Å². The quantitative estimate of drug-likeness (QED) is 0.237. The number of esters is 1. The lowest BCUT2D eigenvalue weighted by molar-refractivity contribution is -0.140. The van der Waals surface area contributed by atoms with Gasteiger partial charge < -0.3 is 24.8 Å². The lowest BCUT2D eigenvalue weighted by Gasteiger charge is -2.36. The molecule has 2 bridgehead atoms. The fraction of sp³-hybridized carbons (Fsp3) is 0.462. The summed E-state index contributed by atoms with van der Waals surface area (Å²) in [5, 5.41) is 13.4. The molecule has 0 aliphatic carbocycles. The largest absolute Gasteiger partial charge is 0.469 e. The van der Waals surface area contributed by atoms with Gasteiger partial charge in [-0.05, 0) is 50.3 Å². The number of carbonyl (C=O) groups excluding carboxylic acids is 1. The number of rotatable bonds is 10. The Hall–Kier alpha value is -3.45. The molecule has 2 aliphatic heterocycles. The number of amides is 1. The van der Waals surface area contributed by atoms with E-state index in [-0.39, 0.29) is 24.0 Å². The highest BCUT2D eigenvalue weighted by atomic mass is 32.2. The van der Waals surface area contributed by atoms with Gasteiger partial charge >= 0.3 is 12.1 Å². The molecule has 0 aromatic carbocycles. The van der Waals surface area contributed by atoms with Crippen LogP contribution in [0.5, 0.6) is 11.5 Å². The molecule has 2 atom stereocenters. The van der Waals surface area contributed by atoms with E-state index in [0.717, 1.165) is 42.1 Å². The smallest absolute Gasteiger partial charge is 0.407 e. The minimum atomic E-state index is -0.833. The van der Waals surface area contributed by atoms with Crippen molar-refractivity contribution in [3.8, 4) is 11.5 Å². The Balaban J connectivity index is 1.34. The number of pyridine rings is 2. The predicted molar refractivity (Wildman–Crippen MR) is 147 cm³/mol. The third-order valence-corrected chi connectivity index (χ3v) is 8.63. The van der Waals surface area contributed by atoms with Gasteiger partial charge in [0, 0.05) is 52.6 Å². The number of fused-ring (bicyclic) bond motifs is 2. The van der Waals surface area contributed by atoms with Gasteiger partial charge in [0.05, 0.1) is 19.2 Å². The molecule has 2 aliphatic rings. The molecule has 206 valence electrons. The molecule has 2 fully saturated rings. The number of nitrogens with zero attached hydrogens (tertiary/aromatic N) is 5. The average Bonchev–Trinajstić information content (AvgIpc) is 3.52. The normalized spacial score (nSPS) is 20.1. The second-order valence-electron chi connectivity index (χ2n) is 9.42. The summed E-state index contributed by atoms with van der Waals surface area (Å²) in [6.45, 7) is 2.02. The van der Waals surface area contributed by atoms with Crippen LogP contribution in [-0.2, 0) is 16.0 Å². The topological polar surface area (TPSA) is 140 Å². The minimum Gasteiger partial charge on any atom is -0.469 e. The van der Waals surface area contributed by atoms with Crippen molar-refractivity contribution in [1.29, 1.82) is 0 Å². The van der Waals surface area contributed by atoms with Crippen LogP contribution in [0.1, 0.15) is 56.5 Å². The van der Waals surface area contributed by atoms with Crippen molar-refractivity contribution in [2.75, 3.05) is 18.2 Å². The Bertz CT molecular complexity index is 1320. The molecule has 3 aromatic rings. The number of anilines is 2. The maximum Gasteiger partial charge on any atom is 0.407 e. The lowest BCUT2D eigenvalue weighted by atomic mass is 9.90. The summed E-state index contributed by atoms with van der Waals surface area (Å²) in [4.78, 5) is 39.4. The number of methoxy groups -OCH3 is 1. The number of piperidine rings is 1. The number of aromatic nitrogens is 4. The number of aryl methyl sites for hydroxylation is 1. The molecule has 0 spiro atoms. The number of carboxylic acid groups (broad SMARTS) is 1. The van der Waals surface area contributed by atoms with Crippen molar-refractivity contribution in [2.24, 2.45) is 0 Å². The molecule has 3 aromatic heterocycles. The molecule has 5 heterocycles. The Morgan fingerprint density at radius 2 is 2.03 bits per heavy atom. The van der Waals surface area contributed by atoms with Crippen LogP contribution in [0.25, 0.3) is 0 Å². The maximum absolute atomic E-state index is 11.6. The van der Waals surface area contributed by atoms with E-state index in [2.05, 4.69) is 19.7 Å². The number of hydrogen-bond acceptors (Lipinski definition) is 11. The summed E-state index contributed by atoms with van der Waals surface area (Å²) in [5.74, 6) is 2.79. The van der Waals surface area contributed by atoms with Crippen LogP contribution in [0, 0.1) is 0 Å². The zero-order chi connectivity index (χ0) is 27.4. The molecule has 2 N–H and O–H groups in total. The standard InChI is InChI=1S/C26H30N6O5S2/c1-3-19-20(5-4-9-27-19)37-21-13-18(38-10-8-22(33)36-2)14-28-24(21)30-25-29-23(31-39-25)15-11-16-6-7-17(12-15)32(16)26(34)35/h4-5,9,13-17H,3,6-8,10-12H2,1-2H3,(H,34,35)(H,28,29,30,31). The Morgan fingerprint density at radius 3 is 2.74 bits per heavy atom. The Morgan fingerprint density at radius 1 is 1.23 bits per heavy atom. The zero-order valence-corrected chi connectivity index (χ0v) is 23.3. The van der Waals surface area contributed by atoms with Crippen molar-refractivity contribution < 1.29 is 24.2 Å². The number of nitrogens with one attached hydrogen (secondary N) is 1. The van der Waals surface area contributed by atoms with E-state index in [1.54, 1.807) is 17.3 Å². The number of thioether (sulfide) groups is 1. The van der Waals surface area contributed by atoms with Gasteiger partial charge in [0.1, 0.15) is 11.6 Å². The van der Waals surface area contributed by atoms with Crippen molar-refractivity contribution >= 4 is 46.3 Å². The molecule has 5 rings (SSSR count). The summed E-state index contributed by atoms with van der Waals surface area (Å²) >= 11 is 2.74. The van der Waals surface area contributed by atoms with E-state index in [0.29, 0.717) is 41.0 Å². The Labute approximate surface area is 234 Å². The van der Waals surface area contributed by atoms with Gasteiger partial charge in [0.25, 0.3) is 0 Å². The lowest BCUT2D eigenvalue weighted by Crippen LogP contribution is -2.45. The van der Waals surface area contributed by atoms with E-state index in [9.17, 15) is 14.7 Å². The highest BCUT2D eigenvalue weighted by molar-refractivity contribution is 7.99. The van der Waals surface area contributed by atoms with Gasteiger partial charge in [-0.15, -0.1) is 11.8 Å². The molecule has 0 saturated carbocycles. The Kier molecular flexibility index (Phi) is 8.46. The predicted octanol–water partition coefficient (Wildman–Crippen LogP) is 5.47. The second kappa shape index (κ2) is 12.2. The van der Waals surface area contributed by atoms with Crippen molar-refractivity contribution in [3.63, 3.8) is 0 Å². The van der Waals surface area contributed by atoms with Gasteiger partial charge in [-0.1, -0.05) is 6.92 Å². The first-order chi connectivity index (χ1) is 18.9. The van der Waals surface area contributed by atoms with Gasteiger partial charge in [-0.25, -0.2) is 14.8 Å². The van der Waals surface area contributed by atoms with E-state index < -0.39 is 6.09 Å². The minimum absolute atomic E-state index is 0.0318. The summed E-state index contributed by atoms with van der Waals surface area (Å²) in [5.41, 5.74) is 0.827. The highest BCUT2D eigenvalue weighted by Crippen LogP contribution is 2.43.